The first-order valence-corrected chi connectivity index (χ1v) is 14.1. The lowest BCUT2D eigenvalue weighted by Gasteiger charge is -2.41. The highest BCUT2D eigenvalue weighted by Gasteiger charge is 2.42. The molecular formula is C27H39IN2O8. The number of rotatable bonds is 12. The lowest BCUT2D eigenvalue weighted by atomic mass is 9.87. The summed E-state index contributed by atoms with van der Waals surface area (Å²) in [6.45, 7) is 4.75. The van der Waals surface area contributed by atoms with Gasteiger partial charge in [0.05, 0.1) is 29.9 Å². The first-order chi connectivity index (χ1) is 18.2. The molecule has 0 spiro atoms. The first kappa shape index (κ1) is 30.6. The number of carbonyl (C=O) groups excluding carboxylic acids is 2. The predicted molar refractivity (Wildman–Crippen MR) is 149 cm³/mol. The summed E-state index contributed by atoms with van der Waals surface area (Å²) in [6, 6.07) is 2.67. The lowest BCUT2D eigenvalue weighted by Crippen LogP contribution is -2.57. The second-order valence-corrected chi connectivity index (χ2v) is 11.2. The number of nitrogens with zero attached hydrogens (tertiary/aromatic N) is 1. The Bertz CT molecular complexity index is 996. The average Bonchev–Trinajstić information content (AvgIpc) is 3.44. The minimum absolute atomic E-state index is 0.0785. The maximum absolute atomic E-state index is 13.6. The second-order valence-electron chi connectivity index (χ2n) is 10.00. The van der Waals surface area contributed by atoms with Gasteiger partial charge in [0.2, 0.25) is 5.91 Å². The lowest BCUT2D eigenvalue weighted by molar-refractivity contribution is -0.148. The first-order valence-electron chi connectivity index (χ1n) is 13.0. The monoisotopic (exact) mass is 646 g/mol. The fourth-order valence-electron chi connectivity index (χ4n) is 4.69. The third kappa shape index (κ3) is 7.59. The van der Waals surface area contributed by atoms with Crippen LogP contribution in [-0.4, -0.2) is 89.8 Å². The maximum atomic E-state index is 13.6. The number of hydrogen-bond acceptors (Lipinski definition) is 8. The van der Waals surface area contributed by atoms with Gasteiger partial charge in [0.1, 0.15) is 18.3 Å². The molecule has 0 radical (unpaired) electrons. The van der Waals surface area contributed by atoms with E-state index in [9.17, 15) is 24.9 Å². The van der Waals surface area contributed by atoms with E-state index in [0.717, 1.165) is 12.8 Å². The fourth-order valence-corrected chi connectivity index (χ4v) is 5.48. The van der Waals surface area contributed by atoms with Gasteiger partial charge in [0, 0.05) is 31.7 Å². The van der Waals surface area contributed by atoms with E-state index in [1.165, 1.54) is 7.11 Å². The molecule has 4 atom stereocenters. The molecule has 1 saturated heterocycles. The van der Waals surface area contributed by atoms with Gasteiger partial charge >= 0.3 is 0 Å². The molecule has 3 rings (SSSR count). The van der Waals surface area contributed by atoms with E-state index in [1.807, 2.05) is 0 Å². The number of benzene rings is 1. The quantitative estimate of drug-likeness (QED) is 0.252. The molecule has 2 amide bonds. The van der Waals surface area contributed by atoms with Crippen LogP contribution in [0.2, 0.25) is 0 Å². The van der Waals surface area contributed by atoms with Crippen molar-refractivity contribution < 1.29 is 39.1 Å². The van der Waals surface area contributed by atoms with Gasteiger partial charge in [-0.25, -0.2) is 0 Å². The van der Waals surface area contributed by atoms with E-state index in [2.05, 4.69) is 41.8 Å². The summed E-state index contributed by atoms with van der Waals surface area (Å²) in [4.78, 5) is 28.2. The average molecular weight is 647 g/mol. The van der Waals surface area contributed by atoms with Crippen LogP contribution in [0.5, 0.6) is 11.5 Å². The molecule has 38 heavy (non-hydrogen) atoms. The zero-order valence-electron chi connectivity index (χ0n) is 22.2. The number of methoxy groups -OCH3 is 1. The Morgan fingerprint density at radius 1 is 1.29 bits per heavy atom. The summed E-state index contributed by atoms with van der Waals surface area (Å²) >= 11 is 2.07. The largest absolute Gasteiger partial charge is 0.493 e. The molecule has 1 aromatic carbocycles. The minimum Gasteiger partial charge on any atom is -0.493 e. The zero-order chi connectivity index (χ0) is 27.8. The van der Waals surface area contributed by atoms with Crippen LogP contribution in [0.3, 0.4) is 0 Å². The number of aliphatic hydroxyl groups is 3. The van der Waals surface area contributed by atoms with E-state index in [0.29, 0.717) is 51.7 Å². The van der Waals surface area contributed by atoms with Crippen LogP contribution >= 0.6 is 22.6 Å². The van der Waals surface area contributed by atoms with E-state index in [-0.39, 0.29) is 32.1 Å². The second kappa shape index (κ2) is 14.5. The molecular weight excluding hydrogens is 607 g/mol. The van der Waals surface area contributed by atoms with Gasteiger partial charge in [-0.2, -0.15) is 0 Å². The van der Waals surface area contributed by atoms with Crippen molar-refractivity contribution in [2.45, 2.75) is 70.5 Å². The summed E-state index contributed by atoms with van der Waals surface area (Å²) in [7, 11) is 1.48. The summed E-state index contributed by atoms with van der Waals surface area (Å²) in [5.41, 5.74) is 0.997. The summed E-state index contributed by atoms with van der Waals surface area (Å²) in [6.07, 6.45) is 1.16. The van der Waals surface area contributed by atoms with Gasteiger partial charge in [0.25, 0.3) is 5.91 Å². The number of aliphatic hydroxyl groups excluding tert-OH is 3. The Hall–Kier alpha value is -1.93. The third-order valence-corrected chi connectivity index (χ3v) is 7.58. The standard InChI is InChI=1S/C27H39IN2O8/c1-16(2)6-8-30(27(35)21-5-4-10-37-21)20-13-18(26(34)29-7-9-31)14-22(24(20)33)38-25-19(28)11-17(15-32)12-23(25)36-3/h11-12,14,16,20-22,24,31-33H,4-10,13,15H2,1-3H3,(H,29,34)/t20-,21?,22+,24+/m1/s1. The van der Waals surface area contributed by atoms with Crippen molar-refractivity contribution in [3.8, 4) is 11.5 Å². The maximum Gasteiger partial charge on any atom is 0.252 e. The Kier molecular flexibility index (Phi) is 11.6. The van der Waals surface area contributed by atoms with E-state index >= 15 is 0 Å². The minimum atomic E-state index is -1.14. The molecule has 212 valence electrons. The molecule has 2 aliphatic rings. The van der Waals surface area contributed by atoms with Gasteiger partial charge in [-0.1, -0.05) is 13.8 Å². The summed E-state index contributed by atoms with van der Waals surface area (Å²) < 4.78 is 18.1. The van der Waals surface area contributed by atoms with Crippen LogP contribution in [0.1, 0.15) is 45.1 Å². The van der Waals surface area contributed by atoms with E-state index in [1.54, 1.807) is 23.1 Å². The molecule has 11 heteroatoms. The van der Waals surface area contributed by atoms with Gasteiger partial charge in [-0.05, 0) is 71.5 Å². The van der Waals surface area contributed by atoms with E-state index < -0.39 is 30.3 Å². The van der Waals surface area contributed by atoms with Crippen molar-refractivity contribution in [3.05, 3.63) is 32.9 Å². The fraction of sp³-hybridized carbons (Fsp3) is 0.630. The van der Waals surface area contributed by atoms with Crippen molar-refractivity contribution in [1.29, 1.82) is 0 Å². The van der Waals surface area contributed by atoms with Crippen LogP contribution in [0.4, 0.5) is 0 Å². The van der Waals surface area contributed by atoms with Gasteiger partial charge in [-0.15, -0.1) is 0 Å². The topological polar surface area (TPSA) is 138 Å². The van der Waals surface area contributed by atoms with Crippen LogP contribution in [0.25, 0.3) is 0 Å². The Balaban J connectivity index is 1.99. The SMILES string of the molecule is COc1cc(CO)cc(I)c1O[C@H]1C=C(C(=O)NCCO)C[C@@H](N(CCC(C)C)C(=O)C2CCCO2)[C@@H]1O. The summed E-state index contributed by atoms with van der Waals surface area (Å²) in [5.74, 6) is 0.474. The normalized spacial score (nSPS) is 23.2. The van der Waals surface area contributed by atoms with Crippen LogP contribution in [0, 0.1) is 9.49 Å². The van der Waals surface area contributed by atoms with Crippen LogP contribution in [-0.2, 0) is 20.9 Å². The zero-order valence-corrected chi connectivity index (χ0v) is 24.3. The molecule has 4 N–H and O–H groups in total. The number of carbonyl (C=O) groups is 2. The molecule has 10 nitrogen and oxygen atoms in total. The predicted octanol–water partition coefficient (Wildman–Crippen LogP) is 1.76. The Morgan fingerprint density at radius 2 is 2.05 bits per heavy atom. The molecule has 1 fully saturated rings. The molecule has 1 aromatic rings. The van der Waals surface area contributed by atoms with Crippen molar-refractivity contribution in [2.75, 3.05) is 33.4 Å². The number of amides is 2. The van der Waals surface area contributed by atoms with E-state index in [4.69, 9.17) is 14.2 Å². The van der Waals surface area contributed by atoms with Crippen molar-refractivity contribution in [1.82, 2.24) is 10.2 Å². The van der Waals surface area contributed by atoms with Crippen molar-refractivity contribution in [2.24, 2.45) is 5.92 Å². The molecule has 1 heterocycles. The highest BCUT2D eigenvalue weighted by molar-refractivity contribution is 14.1. The molecule has 1 unspecified atom stereocenters. The van der Waals surface area contributed by atoms with Crippen molar-refractivity contribution in [3.63, 3.8) is 0 Å². The smallest absolute Gasteiger partial charge is 0.252 e. The number of nitrogens with one attached hydrogen (secondary N) is 1. The number of hydrogen-bond donors (Lipinski definition) is 4. The summed E-state index contributed by atoms with van der Waals surface area (Å²) in [5, 5.41) is 33.0. The van der Waals surface area contributed by atoms with Crippen LogP contribution in [0.15, 0.2) is 23.8 Å². The molecule has 0 bridgehead atoms. The van der Waals surface area contributed by atoms with Gasteiger partial charge in [0.15, 0.2) is 11.5 Å². The molecule has 0 saturated carbocycles. The Morgan fingerprint density at radius 3 is 2.66 bits per heavy atom. The van der Waals surface area contributed by atoms with Crippen molar-refractivity contribution >= 4 is 34.4 Å². The molecule has 1 aliphatic carbocycles. The number of ether oxygens (including phenoxy) is 3. The Labute approximate surface area is 237 Å². The van der Waals surface area contributed by atoms with Gasteiger partial charge in [-0.3, -0.25) is 9.59 Å². The molecule has 1 aliphatic heterocycles. The number of halogens is 1. The highest BCUT2D eigenvalue weighted by atomic mass is 127. The third-order valence-electron chi connectivity index (χ3n) is 6.78. The van der Waals surface area contributed by atoms with Crippen LogP contribution < -0.4 is 14.8 Å². The molecule has 0 aromatic heterocycles. The highest BCUT2D eigenvalue weighted by Crippen LogP contribution is 2.37. The van der Waals surface area contributed by atoms with Gasteiger partial charge < -0.3 is 39.7 Å².